The number of ether oxygens (including phenoxy) is 1. The van der Waals surface area contributed by atoms with Crippen LogP contribution in [0.3, 0.4) is 0 Å². The smallest absolute Gasteiger partial charge is 0.416 e. The number of alkyl halides is 3. The van der Waals surface area contributed by atoms with Crippen molar-refractivity contribution in [2.75, 3.05) is 18.4 Å². The van der Waals surface area contributed by atoms with Crippen LogP contribution in [0.1, 0.15) is 56.7 Å². The number of aliphatic carboxylic acids is 1. The van der Waals surface area contributed by atoms with Crippen molar-refractivity contribution < 1.29 is 51.4 Å². The number of carbonyl (C=O) groups excluding carboxylic acids is 4. The van der Waals surface area contributed by atoms with E-state index in [-0.39, 0.29) is 44.1 Å². The third-order valence-corrected chi connectivity index (χ3v) is 9.49. The van der Waals surface area contributed by atoms with Gasteiger partial charge in [0.2, 0.25) is 17.7 Å². The van der Waals surface area contributed by atoms with E-state index in [0.717, 1.165) is 12.1 Å². The average Bonchev–Trinajstić information content (AvgIpc) is 3.36. The minimum Gasteiger partial charge on any atom is -0.480 e. The zero-order valence-corrected chi connectivity index (χ0v) is 27.7. The number of carbonyl (C=O) groups is 5. The predicted octanol–water partition coefficient (Wildman–Crippen LogP) is 3.89. The van der Waals surface area contributed by atoms with Crippen molar-refractivity contribution in [1.82, 2.24) is 20.4 Å². The van der Waals surface area contributed by atoms with Gasteiger partial charge < -0.3 is 30.7 Å². The molecule has 2 aliphatic heterocycles. The maximum absolute atomic E-state index is 14.3. The summed E-state index contributed by atoms with van der Waals surface area (Å²) in [4.78, 5) is 68.0. The number of amides is 4. The highest BCUT2D eigenvalue weighted by Crippen LogP contribution is 2.46. The van der Waals surface area contributed by atoms with Crippen molar-refractivity contribution in [3.8, 4) is 0 Å². The molecule has 0 unspecified atom stereocenters. The molecule has 5 rings (SSSR count). The Morgan fingerprint density at radius 2 is 1.80 bits per heavy atom. The number of nitrogens with one attached hydrogen (secondary N) is 3. The summed E-state index contributed by atoms with van der Waals surface area (Å²) in [5.74, 6) is -4.61. The van der Waals surface area contributed by atoms with Crippen LogP contribution in [0.15, 0.2) is 42.5 Å². The van der Waals surface area contributed by atoms with Crippen LogP contribution in [0.4, 0.5) is 28.0 Å². The Kier molecular flexibility index (Phi) is 10.3. The highest BCUT2D eigenvalue weighted by atomic mass is 19.4. The van der Waals surface area contributed by atoms with Gasteiger partial charge in [0.05, 0.1) is 18.7 Å². The van der Waals surface area contributed by atoms with E-state index in [4.69, 9.17) is 9.84 Å². The molecule has 4 amide bonds. The number of nitrogens with zero attached hydrogens (tertiary/aromatic N) is 2. The fraction of sp³-hybridized carbons (Fsp3) is 0.500. The predicted molar refractivity (Wildman–Crippen MR) is 170 cm³/mol. The van der Waals surface area contributed by atoms with Gasteiger partial charge in [-0.25, -0.2) is 9.18 Å². The van der Waals surface area contributed by atoms with Crippen LogP contribution < -0.4 is 16.0 Å². The van der Waals surface area contributed by atoms with E-state index in [1.165, 1.54) is 34.1 Å². The number of anilines is 1. The quantitative estimate of drug-likeness (QED) is 0.257. The Morgan fingerprint density at radius 3 is 2.42 bits per heavy atom. The molecule has 2 aromatic rings. The summed E-state index contributed by atoms with van der Waals surface area (Å²) in [6.07, 6.45) is -5.87. The second-order valence-electron chi connectivity index (χ2n) is 13.3. The number of carboxylic acid groups (broad SMARTS) is 1. The summed E-state index contributed by atoms with van der Waals surface area (Å²) < 4.78 is 60.4. The van der Waals surface area contributed by atoms with Gasteiger partial charge in [-0.2, -0.15) is 13.2 Å². The summed E-state index contributed by atoms with van der Waals surface area (Å²) >= 11 is 0. The fourth-order valence-electron chi connectivity index (χ4n) is 6.69. The Morgan fingerprint density at radius 1 is 1.08 bits per heavy atom. The normalized spacial score (nSPS) is 23.2. The molecule has 16 heteroatoms. The molecule has 5 atom stereocenters. The third-order valence-electron chi connectivity index (χ3n) is 9.49. The van der Waals surface area contributed by atoms with Gasteiger partial charge in [0.1, 0.15) is 36.1 Å². The summed E-state index contributed by atoms with van der Waals surface area (Å²) in [6, 6.07) is 6.48. The van der Waals surface area contributed by atoms with Crippen LogP contribution in [0.25, 0.3) is 0 Å². The third kappa shape index (κ3) is 7.63. The van der Waals surface area contributed by atoms with E-state index >= 15 is 0 Å². The molecule has 4 N–H and O–H groups in total. The van der Waals surface area contributed by atoms with E-state index in [0.29, 0.717) is 17.5 Å². The van der Waals surface area contributed by atoms with Gasteiger partial charge in [-0.05, 0) is 48.1 Å². The highest BCUT2D eigenvalue weighted by molar-refractivity contribution is 5.99. The zero-order valence-electron chi connectivity index (χ0n) is 27.7. The molecule has 2 heterocycles. The van der Waals surface area contributed by atoms with Crippen LogP contribution in [0.5, 0.6) is 0 Å². The van der Waals surface area contributed by atoms with E-state index in [9.17, 15) is 41.5 Å². The SMILES string of the molecule is CC[C@@H]1C[C@]1(NC(=O)[C@@H]1C[C@@H](OC(=O)N2Cc3cccc(F)c3C2)CN1C(=O)[C@@H](Nc1cccc(C(F)(F)F)c1)C(C)C)C(=O)NCC(=O)O. The molecule has 1 aliphatic carbocycles. The number of hydrogen-bond donors (Lipinski definition) is 4. The molecule has 2 aromatic carbocycles. The number of carboxylic acids is 1. The van der Waals surface area contributed by atoms with Crippen LogP contribution in [0.2, 0.25) is 0 Å². The first-order valence-corrected chi connectivity index (χ1v) is 16.3. The lowest BCUT2D eigenvalue weighted by Crippen LogP contribution is -2.57. The summed E-state index contributed by atoms with van der Waals surface area (Å²) in [7, 11) is 0. The molecule has 1 saturated carbocycles. The van der Waals surface area contributed by atoms with Crippen molar-refractivity contribution in [3.05, 3.63) is 65.0 Å². The largest absolute Gasteiger partial charge is 0.480 e. The molecule has 1 saturated heterocycles. The molecule has 270 valence electrons. The van der Waals surface area contributed by atoms with Gasteiger partial charge in [0, 0.05) is 24.2 Å². The van der Waals surface area contributed by atoms with Gasteiger partial charge in [0.25, 0.3) is 0 Å². The van der Waals surface area contributed by atoms with E-state index < -0.39 is 83.5 Å². The first-order valence-electron chi connectivity index (χ1n) is 16.3. The molecule has 50 heavy (non-hydrogen) atoms. The average molecular weight is 706 g/mol. The summed E-state index contributed by atoms with van der Waals surface area (Å²) in [5, 5.41) is 17.0. The first kappa shape index (κ1) is 36.4. The van der Waals surface area contributed by atoms with Crippen molar-refractivity contribution >= 4 is 35.5 Å². The topological polar surface area (TPSA) is 157 Å². The van der Waals surface area contributed by atoms with Crippen molar-refractivity contribution in [3.63, 3.8) is 0 Å². The Bertz CT molecular complexity index is 1670. The molecule has 12 nitrogen and oxygen atoms in total. The minimum atomic E-state index is -4.63. The van der Waals surface area contributed by atoms with Crippen LogP contribution in [0, 0.1) is 17.7 Å². The van der Waals surface area contributed by atoms with Gasteiger partial charge in [-0.15, -0.1) is 0 Å². The maximum atomic E-state index is 14.3. The van der Waals surface area contributed by atoms with Crippen LogP contribution >= 0.6 is 0 Å². The summed E-state index contributed by atoms with van der Waals surface area (Å²) in [5.41, 5.74) is -1.35. The standard InChI is InChI=1S/C34H39F4N5O7/c1-4-20-13-33(20,31(48)39-14-27(44)45)41-29(46)26-12-23(50-32(49)42-15-19-7-5-10-25(35)24(19)17-42)16-43(26)30(47)28(18(2)3)40-22-9-6-8-21(11-22)34(36,37)38/h5-11,18,20,23,26,28,40H,4,12-17H2,1-3H3,(H,39,48)(H,41,46)(H,44,45)/t20-,23-,26+,28+,33-/m1/s1. The van der Waals surface area contributed by atoms with Gasteiger partial charge in [0.15, 0.2) is 0 Å². The molecule has 0 radical (unpaired) electrons. The number of benzene rings is 2. The second-order valence-corrected chi connectivity index (χ2v) is 13.3. The molecular weight excluding hydrogens is 666 g/mol. The minimum absolute atomic E-state index is 0.0219. The number of rotatable bonds is 11. The Hall–Kier alpha value is -4.89. The van der Waals surface area contributed by atoms with Crippen molar-refractivity contribution in [1.29, 1.82) is 0 Å². The molecule has 3 aliphatic rings. The van der Waals surface area contributed by atoms with Gasteiger partial charge in [-0.3, -0.25) is 24.1 Å². The summed E-state index contributed by atoms with van der Waals surface area (Å²) in [6.45, 7) is 4.29. The van der Waals surface area contributed by atoms with Crippen LogP contribution in [-0.2, 0) is 43.2 Å². The van der Waals surface area contributed by atoms with E-state index in [1.54, 1.807) is 26.8 Å². The maximum Gasteiger partial charge on any atom is 0.416 e. The zero-order chi connectivity index (χ0) is 36.5. The first-order chi connectivity index (χ1) is 23.5. The van der Waals surface area contributed by atoms with Crippen LogP contribution in [-0.4, -0.2) is 81.5 Å². The lowest BCUT2D eigenvalue weighted by atomic mass is 10.0. The van der Waals surface area contributed by atoms with Gasteiger partial charge in [-0.1, -0.05) is 45.4 Å². The lowest BCUT2D eigenvalue weighted by molar-refractivity contribution is -0.141. The van der Waals surface area contributed by atoms with Gasteiger partial charge >= 0.3 is 18.2 Å². The number of hydrogen-bond acceptors (Lipinski definition) is 7. The van der Waals surface area contributed by atoms with E-state index in [1.807, 2.05) is 0 Å². The number of likely N-dealkylation sites (tertiary alicyclic amines) is 1. The molecule has 0 spiro atoms. The van der Waals surface area contributed by atoms with Crippen molar-refractivity contribution in [2.45, 2.75) is 83.0 Å². The molecule has 0 aromatic heterocycles. The highest BCUT2D eigenvalue weighted by Gasteiger charge is 2.61. The Labute approximate surface area is 285 Å². The Balaban J connectivity index is 1.38. The number of fused-ring (bicyclic) bond motifs is 1. The van der Waals surface area contributed by atoms with Crippen molar-refractivity contribution in [2.24, 2.45) is 11.8 Å². The monoisotopic (exact) mass is 705 g/mol. The molecule has 2 fully saturated rings. The molecule has 0 bridgehead atoms. The number of halogens is 4. The lowest BCUT2D eigenvalue weighted by Gasteiger charge is -2.32. The second kappa shape index (κ2) is 14.2. The van der Waals surface area contributed by atoms with E-state index in [2.05, 4.69) is 16.0 Å². The molecular formula is C34H39F4N5O7. The fourth-order valence-corrected chi connectivity index (χ4v) is 6.69.